The number of nitrogens with two attached hydrogens (primary N) is 1. The quantitative estimate of drug-likeness (QED) is 0.905. The summed E-state index contributed by atoms with van der Waals surface area (Å²) in [5, 5.41) is 0. The number of ether oxygens (including phenoxy) is 1. The Morgan fingerprint density at radius 2 is 1.65 bits per heavy atom. The maximum absolute atomic E-state index is 5.78. The second kappa shape index (κ2) is 6.07. The molecule has 2 N–H and O–H groups in total. The number of likely N-dealkylation sites (tertiary alicyclic amines) is 1. The van der Waals surface area contributed by atoms with E-state index in [1.165, 1.54) is 11.1 Å². The Bertz CT molecular complexity index is 533. The Balaban J connectivity index is 1.51. The van der Waals surface area contributed by atoms with Crippen molar-refractivity contribution in [3.8, 4) is 5.75 Å². The summed E-state index contributed by atoms with van der Waals surface area (Å²) in [5.41, 5.74) is 8.28. The molecule has 1 aliphatic rings. The van der Waals surface area contributed by atoms with Crippen LogP contribution in [0, 0.1) is 0 Å². The van der Waals surface area contributed by atoms with Gasteiger partial charge in [0.05, 0.1) is 0 Å². The highest BCUT2D eigenvalue weighted by molar-refractivity contribution is 5.28. The van der Waals surface area contributed by atoms with E-state index >= 15 is 0 Å². The fraction of sp³-hybridized carbons (Fsp3) is 0.294. The van der Waals surface area contributed by atoms with Gasteiger partial charge in [-0.05, 0) is 23.3 Å². The van der Waals surface area contributed by atoms with E-state index in [9.17, 15) is 0 Å². The molecule has 0 aliphatic carbocycles. The molecule has 104 valence electrons. The van der Waals surface area contributed by atoms with Crippen LogP contribution in [0.3, 0.4) is 0 Å². The van der Waals surface area contributed by atoms with Gasteiger partial charge in [-0.1, -0.05) is 42.5 Å². The Labute approximate surface area is 120 Å². The van der Waals surface area contributed by atoms with Crippen LogP contribution in [-0.4, -0.2) is 24.0 Å². The Morgan fingerprint density at radius 1 is 0.950 bits per heavy atom. The van der Waals surface area contributed by atoms with Gasteiger partial charge < -0.3 is 10.5 Å². The monoisotopic (exact) mass is 268 g/mol. The summed E-state index contributed by atoms with van der Waals surface area (Å²) in [5.74, 6) is 0.915. The molecule has 3 heteroatoms. The topological polar surface area (TPSA) is 38.5 Å². The lowest BCUT2D eigenvalue weighted by Crippen LogP contribution is -2.54. The van der Waals surface area contributed by atoms with Gasteiger partial charge in [0.15, 0.2) is 0 Å². The fourth-order valence-corrected chi connectivity index (χ4v) is 2.43. The van der Waals surface area contributed by atoms with Crippen LogP contribution in [0.5, 0.6) is 5.75 Å². The van der Waals surface area contributed by atoms with E-state index in [1.807, 2.05) is 30.3 Å². The number of hydrogen-bond acceptors (Lipinski definition) is 3. The largest absolute Gasteiger partial charge is 0.489 e. The first-order chi connectivity index (χ1) is 9.79. The highest BCUT2D eigenvalue weighted by Gasteiger charge is 2.22. The van der Waals surface area contributed by atoms with Gasteiger partial charge in [0, 0.05) is 25.7 Å². The maximum Gasteiger partial charge on any atom is 0.119 e. The fourth-order valence-electron chi connectivity index (χ4n) is 2.43. The Hall–Kier alpha value is -1.84. The van der Waals surface area contributed by atoms with Gasteiger partial charge in [0.1, 0.15) is 12.4 Å². The Kier molecular flexibility index (Phi) is 4.00. The van der Waals surface area contributed by atoms with E-state index in [0.29, 0.717) is 12.6 Å². The molecule has 1 aliphatic heterocycles. The van der Waals surface area contributed by atoms with E-state index in [1.54, 1.807) is 0 Å². The molecule has 0 amide bonds. The third-order valence-electron chi connectivity index (χ3n) is 3.56. The molecule has 0 saturated carbocycles. The van der Waals surface area contributed by atoms with Crippen molar-refractivity contribution in [3.05, 3.63) is 65.7 Å². The van der Waals surface area contributed by atoms with E-state index in [-0.39, 0.29) is 0 Å². The van der Waals surface area contributed by atoms with E-state index < -0.39 is 0 Å². The Morgan fingerprint density at radius 3 is 2.30 bits per heavy atom. The number of nitrogens with zero attached hydrogens (tertiary/aromatic N) is 1. The summed E-state index contributed by atoms with van der Waals surface area (Å²) in [7, 11) is 0. The van der Waals surface area contributed by atoms with Gasteiger partial charge in [-0.15, -0.1) is 0 Å². The summed E-state index contributed by atoms with van der Waals surface area (Å²) < 4.78 is 5.78. The highest BCUT2D eigenvalue weighted by Crippen LogP contribution is 2.17. The van der Waals surface area contributed by atoms with Crippen molar-refractivity contribution in [2.45, 2.75) is 19.2 Å². The smallest absolute Gasteiger partial charge is 0.119 e. The average molecular weight is 268 g/mol. The molecule has 3 nitrogen and oxygen atoms in total. The lowest BCUT2D eigenvalue weighted by Gasteiger charge is -2.36. The molecule has 1 saturated heterocycles. The second-order valence-corrected chi connectivity index (χ2v) is 5.37. The normalized spacial score (nSPS) is 15.8. The highest BCUT2D eigenvalue weighted by atomic mass is 16.5. The van der Waals surface area contributed by atoms with Gasteiger partial charge in [0.25, 0.3) is 0 Å². The molecule has 1 fully saturated rings. The molecular formula is C17H20N2O. The first-order valence-electron chi connectivity index (χ1n) is 7.03. The molecule has 3 rings (SSSR count). The predicted molar refractivity (Wildman–Crippen MR) is 80.5 cm³/mol. The number of rotatable bonds is 5. The summed E-state index contributed by atoms with van der Waals surface area (Å²) in [4.78, 5) is 2.35. The molecule has 0 bridgehead atoms. The van der Waals surface area contributed by atoms with Crippen LogP contribution < -0.4 is 10.5 Å². The summed E-state index contributed by atoms with van der Waals surface area (Å²) in [6.45, 7) is 3.60. The third kappa shape index (κ3) is 3.38. The molecule has 0 unspecified atom stereocenters. The first kappa shape index (κ1) is 13.2. The molecular weight excluding hydrogens is 248 g/mol. The van der Waals surface area contributed by atoms with Gasteiger partial charge in [0.2, 0.25) is 0 Å². The summed E-state index contributed by atoms with van der Waals surface area (Å²) >= 11 is 0. The average Bonchev–Trinajstić information content (AvgIpc) is 2.46. The van der Waals surface area contributed by atoms with Crippen molar-refractivity contribution in [3.63, 3.8) is 0 Å². The van der Waals surface area contributed by atoms with E-state index in [0.717, 1.165) is 25.4 Å². The van der Waals surface area contributed by atoms with Crippen LogP contribution in [0.2, 0.25) is 0 Å². The number of benzene rings is 2. The molecule has 0 radical (unpaired) electrons. The molecule has 0 spiro atoms. The standard InChI is InChI=1S/C17H20N2O/c18-16-11-19(12-16)10-14-6-8-17(9-7-14)20-13-15-4-2-1-3-5-15/h1-9,16H,10-13,18H2. The molecule has 0 atom stereocenters. The third-order valence-corrected chi connectivity index (χ3v) is 3.56. The van der Waals surface area contributed by atoms with Crippen LogP contribution in [-0.2, 0) is 13.2 Å². The summed E-state index contributed by atoms with van der Waals surface area (Å²) in [6, 6.07) is 18.9. The van der Waals surface area contributed by atoms with Crippen molar-refractivity contribution >= 4 is 0 Å². The van der Waals surface area contributed by atoms with Gasteiger partial charge in [-0.25, -0.2) is 0 Å². The van der Waals surface area contributed by atoms with Crippen LogP contribution in [0.4, 0.5) is 0 Å². The van der Waals surface area contributed by atoms with Crippen LogP contribution in [0.25, 0.3) is 0 Å². The van der Waals surface area contributed by atoms with Gasteiger partial charge >= 0.3 is 0 Å². The lowest BCUT2D eigenvalue weighted by atomic mass is 10.1. The molecule has 20 heavy (non-hydrogen) atoms. The zero-order valence-corrected chi connectivity index (χ0v) is 11.5. The van der Waals surface area contributed by atoms with Crippen molar-refractivity contribution in [2.75, 3.05) is 13.1 Å². The van der Waals surface area contributed by atoms with Crippen LogP contribution >= 0.6 is 0 Å². The SMILES string of the molecule is NC1CN(Cc2ccc(OCc3ccccc3)cc2)C1. The number of hydrogen-bond donors (Lipinski definition) is 1. The predicted octanol–water partition coefficient (Wildman–Crippen LogP) is 2.41. The molecule has 0 aromatic heterocycles. The van der Waals surface area contributed by atoms with Gasteiger partial charge in [-0.3, -0.25) is 4.90 Å². The molecule has 2 aromatic rings. The van der Waals surface area contributed by atoms with Crippen LogP contribution in [0.1, 0.15) is 11.1 Å². The zero-order chi connectivity index (χ0) is 13.8. The van der Waals surface area contributed by atoms with Gasteiger partial charge in [-0.2, -0.15) is 0 Å². The minimum Gasteiger partial charge on any atom is -0.489 e. The van der Waals surface area contributed by atoms with E-state index in [2.05, 4.69) is 29.2 Å². The maximum atomic E-state index is 5.78. The van der Waals surface area contributed by atoms with Crippen LogP contribution in [0.15, 0.2) is 54.6 Å². The lowest BCUT2D eigenvalue weighted by molar-refractivity contribution is 0.142. The minimum absolute atomic E-state index is 0.364. The molecule has 1 heterocycles. The van der Waals surface area contributed by atoms with E-state index in [4.69, 9.17) is 10.5 Å². The van der Waals surface area contributed by atoms with Crippen molar-refractivity contribution in [1.29, 1.82) is 0 Å². The second-order valence-electron chi connectivity index (χ2n) is 5.37. The summed E-state index contributed by atoms with van der Waals surface area (Å²) in [6.07, 6.45) is 0. The first-order valence-corrected chi connectivity index (χ1v) is 7.03. The van der Waals surface area contributed by atoms with Crippen molar-refractivity contribution in [1.82, 2.24) is 4.90 Å². The van der Waals surface area contributed by atoms with Crippen molar-refractivity contribution in [2.24, 2.45) is 5.73 Å². The minimum atomic E-state index is 0.364. The van der Waals surface area contributed by atoms with Crippen molar-refractivity contribution < 1.29 is 4.74 Å². The zero-order valence-electron chi connectivity index (χ0n) is 11.5. The molecule has 2 aromatic carbocycles.